The Morgan fingerprint density at radius 1 is 1.35 bits per heavy atom. The van der Waals surface area contributed by atoms with Crippen molar-refractivity contribution >= 4 is 16.8 Å². The summed E-state index contributed by atoms with van der Waals surface area (Å²) in [6, 6.07) is 8.30. The van der Waals surface area contributed by atoms with Crippen LogP contribution in [0.15, 0.2) is 30.5 Å². The molecule has 2 rings (SSSR count). The van der Waals surface area contributed by atoms with Crippen LogP contribution >= 0.6 is 0 Å². The van der Waals surface area contributed by atoms with Gasteiger partial charge < -0.3 is 15.2 Å². The maximum Gasteiger partial charge on any atom is 0.236 e. The molecule has 1 amide bonds. The molecule has 90 valence electrons. The van der Waals surface area contributed by atoms with E-state index in [9.17, 15) is 4.79 Å². The summed E-state index contributed by atoms with van der Waals surface area (Å²) >= 11 is 0. The predicted octanol–water partition coefficient (Wildman–Crippen LogP) is 1.35. The number of nitrogens with one attached hydrogen (secondary N) is 2. The fourth-order valence-electron chi connectivity index (χ4n) is 1.68. The van der Waals surface area contributed by atoms with Crippen LogP contribution in [0, 0.1) is 0 Å². The molecule has 2 aromatic rings. The molecule has 0 radical (unpaired) electrons. The Hall–Kier alpha value is -1.81. The number of amides is 1. The van der Waals surface area contributed by atoms with Gasteiger partial charge in [0.1, 0.15) is 0 Å². The third kappa shape index (κ3) is 2.85. The fourth-order valence-corrected chi connectivity index (χ4v) is 1.68. The van der Waals surface area contributed by atoms with Crippen LogP contribution in [0.5, 0.6) is 0 Å². The highest BCUT2D eigenvalue weighted by atomic mass is 16.2. The number of rotatable bonds is 4. The first-order chi connectivity index (χ1) is 8.16. The highest BCUT2D eigenvalue weighted by Crippen LogP contribution is 2.13. The monoisotopic (exact) mass is 231 g/mol. The first-order valence-electron chi connectivity index (χ1n) is 5.64. The Kier molecular flexibility index (Phi) is 3.44. The smallest absolute Gasteiger partial charge is 0.236 e. The van der Waals surface area contributed by atoms with E-state index in [0.717, 1.165) is 5.52 Å². The summed E-state index contributed by atoms with van der Waals surface area (Å²) in [6.45, 7) is 1.07. The van der Waals surface area contributed by atoms with Gasteiger partial charge in [-0.05, 0) is 23.1 Å². The van der Waals surface area contributed by atoms with Gasteiger partial charge in [0.25, 0.3) is 0 Å². The van der Waals surface area contributed by atoms with Crippen LogP contribution in [-0.2, 0) is 11.3 Å². The molecule has 0 atom stereocenters. The van der Waals surface area contributed by atoms with Crippen LogP contribution in [0.25, 0.3) is 10.9 Å². The quantitative estimate of drug-likeness (QED) is 0.834. The molecule has 4 heteroatoms. The number of nitrogens with zero attached hydrogens (tertiary/aromatic N) is 1. The number of likely N-dealkylation sites (N-methyl/N-ethyl adjacent to an activating group) is 1. The first-order valence-corrected chi connectivity index (χ1v) is 5.64. The minimum absolute atomic E-state index is 0.0888. The molecule has 0 aliphatic carbocycles. The van der Waals surface area contributed by atoms with Gasteiger partial charge in [0.15, 0.2) is 0 Å². The van der Waals surface area contributed by atoms with Gasteiger partial charge in [0, 0.05) is 32.4 Å². The molecule has 1 heterocycles. The molecule has 0 bridgehead atoms. The molecule has 0 spiro atoms. The van der Waals surface area contributed by atoms with Gasteiger partial charge in [-0.1, -0.05) is 12.1 Å². The third-order valence-corrected chi connectivity index (χ3v) is 2.72. The van der Waals surface area contributed by atoms with Crippen molar-refractivity contribution in [2.24, 2.45) is 0 Å². The van der Waals surface area contributed by atoms with Crippen LogP contribution in [0.1, 0.15) is 5.56 Å². The van der Waals surface area contributed by atoms with Crippen molar-refractivity contribution in [3.05, 3.63) is 36.0 Å². The number of hydrogen-bond acceptors (Lipinski definition) is 2. The van der Waals surface area contributed by atoms with E-state index in [-0.39, 0.29) is 5.91 Å². The van der Waals surface area contributed by atoms with E-state index in [4.69, 9.17) is 0 Å². The Balaban J connectivity index is 1.92. The second kappa shape index (κ2) is 5.01. The van der Waals surface area contributed by atoms with E-state index in [0.29, 0.717) is 13.1 Å². The molecular weight excluding hydrogens is 214 g/mol. The SMILES string of the molecule is CN(C)C(=O)CNCc1ccc2cc[nH]c2c1. The van der Waals surface area contributed by atoms with Crippen molar-refractivity contribution in [2.75, 3.05) is 20.6 Å². The molecule has 1 aromatic heterocycles. The van der Waals surface area contributed by atoms with Crippen molar-refractivity contribution in [3.63, 3.8) is 0 Å². The molecule has 2 N–H and O–H groups in total. The Morgan fingerprint density at radius 2 is 2.18 bits per heavy atom. The van der Waals surface area contributed by atoms with Crippen LogP contribution in [0.2, 0.25) is 0 Å². The van der Waals surface area contributed by atoms with Crippen molar-refractivity contribution in [2.45, 2.75) is 6.54 Å². The van der Waals surface area contributed by atoms with E-state index < -0.39 is 0 Å². The van der Waals surface area contributed by atoms with Crippen molar-refractivity contribution in [3.8, 4) is 0 Å². The molecule has 17 heavy (non-hydrogen) atoms. The largest absolute Gasteiger partial charge is 0.361 e. The van der Waals surface area contributed by atoms with E-state index in [1.165, 1.54) is 10.9 Å². The van der Waals surface area contributed by atoms with E-state index in [1.807, 2.05) is 12.3 Å². The number of aromatic nitrogens is 1. The normalized spacial score (nSPS) is 10.7. The van der Waals surface area contributed by atoms with E-state index in [2.05, 4.69) is 28.5 Å². The van der Waals surface area contributed by atoms with Crippen molar-refractivity contribution in [1.29, 1.82) is 0 Å². The number of carbonyl (C=O) groups is 1. The first kappa shape index (κ1) is 11.7. The minimum Gasteiger partial charge on any atom is -0.361 e. The summed E-state index contributed by atoms with van der Waals surface area (Å²) in [5.41, 5.74) is 2.30. The number of fused-ring (bicyclic) bond motifs is 1. The molecule has 0 aliphatic heterocycles. The molecule has 0 unspecified atom stereocenters. The summed E-state index contributed by atoms with van der Waals surface area (Å²) in [6.07, 6.45) is 1.93. The van der Waals surface area contributed by atoms with Crippen molar-refractivity contribution in [1.82, 2.24) is 15.2 Å². The zero-order chi connectivity index (χ0) is 12.3. The number of carbonyl (C=O) groups excluding carboxylic acids is 1. The minimum atomic E-state index is 0.0888. The average molecular weight is 231 g/mol. The van der Waals surface area contributed by atoms with E-state index >= 15 is 0 Å². The van der Waals surface area contributed by atoms with Crippen LogP contribution in [-0.4, -0.2) is 36.4 Å². The molecule has 4 nitrogen and oxygen atoms in total. The van der Waals surface area contributed by atoms with Crippen LogP contribution < -0.4 is 5.32 Å². The molecule has 0 aliphatic rings. The van der Waals surface area contributed by atoms with E-state index in [1.54, 1.807) is 19.0 Å². The third-order valence-electron chi connectivity index (χ3n) is 2.72. The Labute approximate surface area is 101 Å². The van der Waals surface area contributed by atoms with Gasteiger partial charge in [-0.25, -0.2) is 0 Å². The predicted molar refractivity (Wildman–Crippen MR) is 68.7 cm³/mol. The molecule has 1 aromatic carbocycles. The Morgan fingerprint density at radius 3 is 2.94 bits per heavy atom. The van der Waals surface area contributed by atoms with Gasteiger partial charge in [-0.2, -0.15) is 0 Å². The number of H-pyrrole nitrogens is 1. The lowest BCUT2D eigenvalue weighted by Gasteiger charge is -2.10. The summed E-state index contributed by atoms with van der Waals surface area (Å²) < 4.78 is 0. The second-order valence-electron chi connectivity index (χ2n) is 4.29. The van der Waals surface area contributed by atoms with Gasteiger partial charge in [0.2, 0.25) is 5.91 Å². The van der Waals surface area contributed by atoms with Crippen LogP contribution in [0.4, 0.5) is 0 Å². The highest BCUT2D eigenvalue weighted by molar-refractivity contribution is 5.80. The number of aromatic amines is 1. The summed E-state index contributed by atoms with van der Waals surface area (Å²) in [5, 5.41) is 4.34. The molecule has 0 saturated heterocycles. The maximum absolute atomic E-state index is 11.4. The highest BCUT2D eigenvalue weighted by Gasteiger charge is 2.03. The summed E-state index contributed by atoms with van der Waals surface area (Å²) in [5.74, 6) is 0.0888. The lowest BCUT2D eigenvalue weighted by molar-refractivity contribution is -0.127. The van der Waals surface area contributed by atoms with Gasteiger partial charge in [-0.3, -0.25) is 4.79 Å². The standard InChI is InChI=1S/C13H17N3O/c1-16(2)13(17)9-14-8-10-3-4-11-5-6-15-12(11)7-10/h3-7,14-15H,8-9H2,1-2H3. The zero-order valence-electron chi connectivity index (χ0n) is 10.2. The van der Waals surface area contributed by atoms with Crippen LogP contribution in [0.3, 0.4) is 0 Å². The lowest BCUT2D eigenvalue weighted by Crippen LogP contribution is -2.32. The number of benzene rings is 1. The average Bonchev–Trinajstić information content (AvgIpc) is 2.75. The zero-order valence-corrected chi connectivity index (χ0v) is 10.2. The Bertz CT molecular complexity index is 516. The summed E-state index contributed by atoms with van der Waals surface area (Å²) in [7, 11) is 3.52. The van der Waals surface area contributed by atoms with Crippen molar-refractivity contribution < 1.29 is 4.79 Å². The fraction of sp³-hybridized carbons (Fsp3) is 0.308. The maximum atomic E-state index is 11.4. The molecular formula is C13H17N3O. The second-order valence-corrected chi connectivity index (χ2v) is 4.29. The summed E-state index contributed by atoms with van der Waals surface area (Å²) in [4.78, 5) is 16.1. The van der Waals surface area contributed by atoms with Gasteiger partial charge in [0.05, 0.1) is 6.54 Å². The number of hydrogen-bond donors (Lipinski definition) is 2. The topological polar surface area (TPSA) is 48.1 Å². The van der Waals surface area contributed by atoms with Gasteiger partial charge >= 0.3 is 0 Å². The lowest BCUT2D eigenvalue weighted by atomic mass is 10.1. The molecule has 0 saturated carbocycles. The van der Waals surface area contributed by atoms with Gasteiger partial charge in [-0.15, -0.1) is 0 Å². The molecule has 0 fully saturated rings.